The molecule has 10 heteroatoms. The number of carbonyl (C=O) groups excluding carboxylic acids is 1. The van der Waals surface area contributed by atoms with Gasteiger partial charge in [-0.15, -0.1) is 0 Å². The smallest absolute Gasteiger partial charge is 0.344 e. The summed E-state index contributed by atoms with van der Waals surface area (Å²) < 4.78 is 64.9. The second-order valence-corrected chi connectivity index (χ2v) is 5.14. The molecule has 1 aromatic rings. The number of hydrogen-bond donors (Lipinski definition) is 3. The number of hydrogen-bond acceptors (Lipinski definition) is 4. The Morgan fingerprint density at radius 3 is 2.65 bits per heavy atom. The van der Waals surface area contributed by atoms with Crippen LogP contribution in [0.3, 0.4) is 0 Å². The maximum absolute atomic E-state index is 13.4. The van der Waals surface area contributed by atoms with Gasteiger partial charge in [0, 0.05) is 18.8 Å². The molecule has 26 heavy (non-hydrogen) atoms. The highest BCUT2D eigenvalue weighted by Gasteiger charge is 2.34. The molecule has 0 bridgehead atoms. The van der Waals surface area contributed by atoms with Crippen LogP contribution >= 0.6 is 0 Å². The Labute approximate surface area is 144 Å². The van der Waals surface area contributed by atoms with Crippen molar-refractivity contribution in [1.82, 2.24) is 10.6 Å². The number of nitrogens with one attached hydrogen (secondary N) is 3. The standard InChI is InChI=1S/C16H13F5N4O/c17-9-7-12(18)14(24-8-9)23-6-5-13(22)25-15(26)10-3-1-2-4-11(10)16(19,20)21/h1-6,8-9,23H,7H2,(H2,22,25,26)/b6-5-. The summed E-state index contributed by atoms with van der Waals surface area (Å²) in [6, 6.07) is 4.14. The fraction of sp³-hybridized carbons (Fsp3) is 0.188. The van der Waals surface area contributed by atoms with E-state index >= 15 is 0 Å². The summed E-state index contributed by atoms with van der Waals surface area (Å²) in [6.07, 6.45) is -3.78. The lowest BCUT2D eigenvalue weighted by Gasteiger charge is -2.12. The van der Waals surface area contributed by atoms with E-state index in [9.17, 15) is 26.7 Å². The first kappa shape index (κ1) is 19.3. The minimum Gasteiger partial charge on any atom is -0.344 e. The monoisotopic (exact) mass is 372 g/mol. The Hall–Kier alpha value is -3.04. The molecule has 1 atom stereocenters. The Morgan fingerprint density at radius 1 is 1.31 bits per heavy atom. The van der Waals surface area contributed by atoms with Crippen LogP contribution in [0, 0.1) is 5.41 Å². The number of carbonyl (C=O) groups is 1. The minimum atomic E-state index is -4.72. The van der Waals surface area contributed by atoms with E-state index in [4.69, 9.17) is 5.41 Å². The second-order valence-electron chi connectivity index (χ2n) is 5.14. The molecule has 0 saturated carbocycles. The van der Waals surface area contributed by atoms with Gasteiger partial charge in [0.25, 0.3) is 5.91 Å². The molecule has 0 saturated heterocycles. The van der Waals surface area contributed by atoms with Gasteiger partial charge in [0.2, 0.25) is 0 Å². The first-order chi connectivity index (χ1) is 12.2. The molecule has 0 aliphatic carbocycles. The first-order valence-corrected chi connectivity index (χ1v) is 7.24. The summed E-state index contributed by atoms with van der Waals surface area (Å²) in [7, 11) is 0. The van der Waals surface area contributed by atoms with E-state index in [1.54, 1.807) is 0 Å². The van der Waals surface area contributed by atoms with Gasteiger partial charge >= 0.3 is 6.18 Å². The Balaban J connectivity index is 1.99. The van der Waals surface area contributed by atoms with Gasteiger partial charge in [-0.1, -0.05) is 12.1 Å². The molecule has 0 aromatic heterocycles. The summed E-state index contributed by atoms with van der Waals surface area (Å²) >= 11 is 0. The van der Waals surface area contributed by atoms with Gasteiger partial charge in [-0.3, -0.25) is 10.2 Å². The predicted molar refractivity (Wildman–Crippen MR) is 85.1 cm³/mol. The molecule has 0 radical (unpaired) electrons. The van der Waals surface area contributed by atoms with Crippen molar-refractivity contribution >= 4 is 18.0 Å². The summed E-state index contributed by atoms with van der Waals surface area (Å²) in [5, 5.41) is 11.9. The normalized spacial score (nSPS) is 17.5. The number of rotatable bonds is 4. The van der Waals surface area contributed by atoms with E-state index in [2.05, 4.69) is 10.3 Å². The van der Waals surface area contributed by atoms with E-state index in [0.717, 1.165) is 36.7 Å². The van der Waals surface area contributed by atoms with Crippen molar-refractivity contribution in [3.05, 3.63) is 59.3 Å². The first-order valence-electron chi connectivity index (χ1n) is 7.24. The molecule has 1 aliphatic rings. The zero-order valence-corrected chi connectivity index (χ0v) is 13.1. The highest BCUT2D eigenvalue weighted by Crippen LogP contribution is 2.31. The minimum absolute atomic E-state index is 0.253. The highest BCUT2D eigenvalue weighted by molar-refractivity contribution is 6.09. The SMILES string of the molecule is N=C(/C=C\NC1=C(F)CC(F)C=N1)NC(=O)c1ccccc1C(F)(F)F. The van der Waals surface area contributed by atoms with Crippen molar-refractivity contribution in [2.75, 3.05) is 0 Å². The average Bonchev–Trinajstić information content (AvgIpc) is 2.56. The Bertz CT molecular complexity index is 798. The van der Waals surface area contributed by atoms with Crippen LogP contribution in [-0.2, 0) is 6.18 Å². The summed E-state index contributed by atoms with van der Waals surface area (Å²) in [5.74, 6) is -2.73. The molecule has 1 heterocycles. The van der Waals surface area contributed by atoms with Crippen molar-refractivity contribution in [1.29, 1.82) is 5.41 Å². The van der Waals surface area contributed by atoms with Crippen molar-refractivity contribution in [2.24, 2.45) is 4.99 Å². The fourth-order valence-electron chi connectivity index (χ4n) is 2.03. The number of allylic oxidation sites excluding steroid dienone is 1. The topological polar surface area (TPSA) is 77.3 Å². The van der Waals surface area contributed by atoms with E-state index < -0.39 is 47.5 Å². The van der Waals surface area contributed by atoms with E-state index in [1.807, 2.05) is 5.32 Å². The molecule has 138 valence electrons. The van der Waals surface area contributed by atoms with Gasteiger partial charge in [-0.05, 0) is 18.2 Å². The maximum atomic E-state index is 13.4. The van der Waals surface area contributed by atoms with Gasteiger partial charge < -0.3 is 10.6 Å². The molecule has 0 spiro atoms. The van der Waals surface area contributed by atoms with Gasteiger partial charge in [0.05, 0.1) is 11.1 Å². The van der Waals surface area contributed by atoms with Crippen LogP contribution in [0.15, 0.2) is 53.2 Å². The highest BCUT2D eigenvalue weighted by atomic mass is 19.4. The second kappa shape index (κ2) is 7.89. The van der Waals surface area contributed by atoms with Crippen molar-refractivity contribution in [3.8, 4) is 0 Å². The molecule has 1 unspecified atom stereocenters. The molecule has 1 amide bonds. The number of alkyl halides is 4. The number of nitrogens with zero attached hydrogens (tertiary/aromatic N) is 1. The number of halogens is 5. The van der Waals surface area contributed by atoms with Crippen molar-refractivity contribution in [2.45, 2.75) is 18.8 Å². The van der Waals surface area contributed by atoms with Gasteiger partial charge in [0.1, 0.15) is 17.8 Å². The van der Waals surface area contributed by atoms with E-state index in [-0.39, 0.29) is 5.82 Å². The largest absolute Gasteiger partial charge is 0.417 e. The van der Waals surface area contributed by atoms with E-state index in [0.29, 0.717) is 0 Å². The average molecular weight is 372 g/mol. The number of aliphatic imine (C=N–C) groups is 1. The molecule has 1 aliphatic heterocycles. The zero-order valence-electron chi connectivity index (χ0n) is 13.1. The lowest BCUT2D eigenvalue weighted by Crippen LogP contribution is -2.30. The lowest BCUT2D eigenvalue weighted by molar-refractivity contribution is -0.137. The van der Waals surface area contributed by atoms with Crippen molar-refractivity contribution < 1.29 is 26.7 Å². The van der Waals surface area contributed by atoms with Crippen LogP contribution in [0.2, 0.25) is 0 Å². The molecular formula is C16H13F5N4O. The third-order valence-electron chi connectivity index (χ3n) is 3.19. The number of benzene rings is 1. The molecular weight excluding hydrogens is 359 g/mol. The van der Waals surface area contributed by atoms with Crippen molar-refractivity contribution in [3.63, 3.8) is 0 Å². The predicted octanol–water partition coefficient (Wildman–Crippen LogP) is 3.47. The third kappa shape index (κ3) is 4.98. The Morgan fingerprint density at radius 2 is 2.00 bits per heavy atom. The molecule has 0 fully saturated rings. The van der Waals surface area contributed by atoms with Crippen LogP contribution in [0.25, 0.3) is 0 Å². The van der Waals surface area contributed by atoms with Crippen LogP contribution in [-0.4, -0.2) is 24.1 Å². The molecule has 3 N–H and O–H groups in total. The zero-order chi connectivity index (χ0) is 19.3. The fourth-order valence-corrected chi connectivity index (χ4v) is 2.03. The summed E-state index contributed by atoms with van der Waals surface area (Å²) in [5.41, 5.74) is -1.76. The number of amides is 1. The summed E-state index contributed by atoms with van der Waals surface area (Å²) in [6.45, 7) is 0. The van der Waals surface area contributed by atoms with Gasteiger partial charge in [-0.2, -0.15) is 13.2 Å². The van der Waals surface area contributed by atoms with Crippen LogP contribution < -0.4 is 10.6 Å². The van der Waals surface area contributed by atoms with Crippen LogP contribution in [0.1, 0.15) is 22.3 Å². The van der Waals surface area contributed by atoms with Gasteiger partial charge in [-0.25, -0.2) is 13.8 Å². The third-order valence-corrected chi connectivity index (χ3v) is 3.19. The van der Waals surface area contributed by atoms with Gasteiger partial charge in [0.15, 0.2) is 5.82 Å². The van der Waals surface area contributed by atoms with E-state index in [1.165, 1.54) is 6.07 Å². The van der Waals surface area contributed by atoms with Crippen LogP contribution in [0.5, 0.6) is 0 Å². The molecule has 2 rings (SSSR count). The summed E-state index contributed by atoms with van der Waals surface area (Å²) in [4.78, 5) is 15.4. The lowest BCUT2D eigenvalue weighted by atomic mass is 10.1. The van der Waals surface area contributed by atoms with Crippen LogP contribution in [0.4, 0.5) is 22.0 Å². The molecule has 1 aromatic carbocycles. The maximum Gasteiger partial charge on any atom is 0.417 e. The quantitative estimate of drug-likeness (QED) is 0.430. The molecule has 5 nitrogen and oxygen atoms in total. The number of amidine groups is 1. The Kier molecular flexibility index (Phi) is 5.86.